The van der Waals surface area contributed by atoms with Crippen LogP contribution in [0, 0.1) is 5.92 Å². The molecule has 29 heavy (non-hydrogen) atoms. The maximum absolute atomic E-state index is 12.6. The van der Waals surface area contributed by atoms with Gasteiger partial charge < -0.3 is 4.90 Å². The van der Waals surface area contributed by atoms with Crippen molar-refractivity contribution in [3.05, 3.63) is 29.6 Å². The summed E-state index contributed by atoms with van der Waals surface area (Å²) in [5.41, 5.74) is -0.0178. The molecule has 160 valence electrons. The number of hydrogen-bond acceptors (Lipinski definition) is 4. The van der Waals surface area contributed by atoms with Crippen LogP contribution in [0.5, 0.6) is 0 Å². The number of hydrogen-bond donors (Lipinski definition) is 0. The quantitative estimate of drug-likeness (QED) is 0.765. The molecule has 1 amide bonds. The largest absolute Gasteiger partial charge is 0.433 e. The number of halogens is 3. The molecular formula is C21H29F3N4O. The molecule has 1 aromatic heterocycles. The molecule has 8 heteroatoms. The van der Waals surface area contributed by atoms with Crippen molar-refractivity contribution in [2.45, 2.75) is 50.9 Å². The Kier molecular flexibility index (Phi) is 6.11. The number of carbonyl (C=O) groups excluding carboxylic acids is 1. The van der Waals surface area contributed by atoms with E-state index in [0.717, 1.165) is 83.0 Å². The van der Waals surface area contributed by atoms with Crippen LogP contribution in [0.3, 0.4) is 0 Å². The molecule has 4 rings (SSSR count). The van der Waals surface area contributed by atoms with E-state index in [0.29, 0.717) is 24.4 Å². The van der Waals surface area contributed by atoms with Crippen molar-refractivity contribution in [2.24, 2.45) is 5.92 Å². The average Bonchev–Trinajstić information content (AvgIpc) is 3.55. The zero-order valence-electron chi connectivity index (χ0n) is 16.7. The van der Waals surface area contributed by atoms with Gasteiger partial charge in [0.25, 0.3) is 0 Å². The molecule has 0 spiro atoms. The lowest BCUT2D eigenvalue weighted by Gasteiger charge is -2.38. The van der Waals surface area contributed by atoms with Crippen molar-refractivity contribution in [1.82, 2.24) is 19.7 Å². The minimum Gasteiger partial charge on any atom is -0.341 e. The summed E-state index contributed by atoms with van der Waals surface area (Å²) in [4.78, 5) is 22.8. The van der Waals surface area contributed by atoms with E-state index in [1.807, 2.05) is 0 Å². The molecule has 2 saturated heterocycles. The second kappa shape index (κ2) is 8.60. The van der Waals surface area contributed by atoms with Gasteiger partial charge in [-0.25, -0.2) is 0 Å². The van der Waals surface area contributed by atoms with Crippen molar-refractivity contribution in [3.8, 4) is 0 Å². The third kappa shape index (κ3) is 5.28. The highest BCUT2D eigenvalue weighted by atomic mass is 19.4. The second-order valence-corrected chi connectivity index (χ2v) is 8.55. The first-order valence-corrected chi connectivity index (χ1v) is 10.7. The third-order valence-electron chi connectivity index (χ3n) is 6.36. The monoisotopic (exact) mass is 410 g/mol. The second-order valence-electron chi connectivity index (χ2n) is 8.55. The zero-order chi connectivity index (χ0) is 20.4. The molecule has 1 aromatic rings. The van der Waals surface area contributed by atoms with Crippen LogP contribution in [0.2, 0.25) is 0 Å². The van der Waals surface area contributed by atoms with Gasteiger partial charge in [-0.1, -0.05) is 6.07 Å². The zero-order valence-corrected chi connectivity index (χ0v) is 16.7. The van der Waals surface area contributed by atoms with Crippen molar-refractivity contribution in [2.75, 3.05) is 39.3 Å². The van der Waals surface area contributed by atoms with E-state index in [-0.39, 0.29) is 0 Å². The SMILES string of the molecule is O=C(C1CC1)N1CCCN(C2CCN(Cc3ccc(C(F)(F)F)nc3)CC2)CC1. The average molecular weight is 410 g/mol. The Morgan fingerprint density at radius 2 is 1.76 bits per heavy atom. The van der Waals surface area contributed by atoms with Crippen molar-refractivity contribution >= 4 is 5.91 Å². The highest BCUT2D eigenvalue weighted by Crippen LogP contribution is 2.31. The van der Waals surface area contributed by atoms with Crippen LogP contribution in [0.1, 0.15) is 43.4 Å². The molecule has 3 heterocycles. The number of rotatable bonds is 4. The van der Waals surface area contributed by atoms with Crippen molar-refractivity contribution in [1.29, 1.82) is 0 Å². The van der Waals surface area contributed by atoms with Crippen LogP contribution in [0.25, 0.3) is 0 Å². The molecule has 0 unspecified atom stereocenters. The Morgan fingerprint density at radius 1 is 1.00 bits per heavy atom. The van der Waals surface area contributed by atoms with E-state index in [9.17, 15) is 18.0 Å². The van der Waals surface area contributed by atoms with E-state index >= 15 is 0 Å². The molecule has 0 bridgehead atoms. The summed E-state index contributed by atoms with van der Waals surface area (Å²) >= 11 is 0. The predicted octanol–water partition coefficient (Wildman–Crippen LogP) is 3.01. The van der Waals surface area contributed by atoms with Gasteiger partial charge in [-0.15, -0.1) is 0 Å². The standard InChI is InChI=1S/C21H29F3N4O/c22-21(23,24)19-5-2-16(14-25-19)15-26-10-6-18(7-11-26)27-8-1-9-28(13-12-27)20(29)17-3-4-17/h2,5,14,17-18H,1,3-4,6-13,15H2. The highest BCUT2D eigenvalue weighted by Gasteiger charge is 2.35. The molecular weight excluding hydrogens is 381 g/mol. The minimum absolute atomic E-state index is 0.296. The van der Waals surface area contributed by atoms with Gasteiger partial charge in [0.05, 0.1) is 0 Å². The maximum Gasteiger partial charge on any atom is 0.433 e. The fourth-order valence-electron chi connectivity index (χ4n) is 4.50. The Hall–Kier alpha value is -1.67. The van der Waals surface area contributed by atoms with Gasteiger partial charge in [0, 0.05) is 50.9 Å². The van der Waals surface area contributed by atoms with Crippen LogP contribution < -0.4 is 0 Å². The van der Waals surface area contributed by atoms with Crippen LogP contribution >= 0.6 is 0 Å². The number of likely N-dealkylation sites (tertiary alicyclic amines) is 1. The number of carbonyl (C=O) groups is 1. The van der Waals surface area contributed by atoms with Gasteiger partial charge in [-0.05, 0) is 56.8 Å². The molecule has 5 nitrogen and oxygen atoms in total. The number of piperidine rings is 1. The summed E-state index contributed by atoms with van der Waals surface area (Å²) in [5, 5.41) is 0. The third-order valence-corrected chi connectivity index (χ3v) is 6.36. The summed E-state index contributed by atoms with van der Waals surface area (Å²) in [5.74, 6) is 0.649. The number of amides is 1. The Labute approximate surface area is 169 Å². The molecule has 3 fully saturated rings. The lowest BCUT2D eigenvalue weighted by atomic mass is 10.0. The van der Waals surface area contributed by atoms with Gasteiger partial charge in [-0.2, -0.15) is 13.2 Å². The Balaban J connectivity index is 1.23. The first-order valence-electron chi connectivity index (χ1n) is 10.7. The van der Waals surface area contributed by atoms with Gasteiger partial charge >= 0.3 is 6.18 Å². The topological polar surface area (TPSA) is 39.7 Å². The lowest BCUT2D eigenvalue weighted by molar-refractivity contribution is -0.141. The fraction of sp³-hybridized carbons (Fsp3) is 0.714. The molecule has 1 aliphatic carbocycles. The first-order chi connectivity index (χ1) is 13.9. The lowest BCUT2D eigenvalue weighted by Crippen LogP contribution is -2.46. The van der Waals surface area contributed by atoms with E-state index in [4.69, 9.17) is 0 Å². The minimum atomic E-state index is -4.39. The van der Waals surface area contributed by atoms with E-state index in [2.05, 4.69) is 19.7 Å². The van der Waals surface area contributed by atoms with E-state index < -0.39 is 11.9 Å². The molecule has 2 aliphatic heterocycles. The number of nitrogens with zero attached hydrogens (tertiary/aromatic N) is 4. The molecule has 0 atom stereocenters. The highest BCUT2D eigenvalue weighted by molar-refractivity contribution is 5.81. The van der Waals surface area contributed by atoms with Crippen LogP contribution in [-0.4, -0.2) is 70.9 Å². The van der Waals surface area contributed by atoms with Gasteiger partial charge in [0.15, 0.2) is 0 Å². The molecule has 0 aromatic carbocycles. The van der Waals surface area contributed by atoms with Gasteiger partial charge in [-0.3, -0.25) is 19.6 Å². The number of alkyl halides is 3. The summed E-state index contributed by atoms with van der Waals surface area (Å²) in [7, 11) is 0. The number of pyridine rings is 1. The maximum atomic E-state index is 12.6. The fourth-order valence-corrected chi connectivity index (χ4v) is 4.50. The van der Waals surface area contributed by atoms with E-state index in [1.165, 1.54) is 12.3 Å². The van der Waals surface area contributed by atoms with Crippen LogP contribution in [-0.2, 0) is 17.5 Å². The van der Waals surface area contributed by atoms with E-state index in [1.54, 1.807) is 0 Å². The summed E-state index contributed by atoms with van der Waals surface area (Å²) in [6.07, 6.45) is 2.24. The summed E-state index contributed by atoms with van der Waals surface area (Å²) in [6.45, 7) is 6.23. The Bertz CT molecular complexity index is 697. The van der Waals surface area contributed by atoms with Crippen LogP contribution in [0.4, 0.5) is 13.2 Å². The van der Waals surface area contributed by atoms with Crippen LogP contribution in [0.15, 0.2) is 18.3 Å². The summed E-state index contributed by atoms with van der Waals surface area (Å²) in [6, 6.07) is 3.13. The normalized spacial score (nSPS) is 23.2. The molecule has 0 N–H and O–H groups in total. The van der Waals surface area contributed by atoms with Gasteiger partial charge in [0.1, 0.15) is 5.69 Å². The predicted molar refractivity (Wildman–Crippen MR) is 103 cm³/mol. The molecule has 0 radical (unpaired) electrons. The first kappa shape index (κ1) is 20.6. The molecule has 1 saturated carbocycles. The van der Waals surface area contributed by atoms with Crippen molar-refractivity contribution < 1.29 is 18.0 Å². The van der Waals surface area contributed by atoms with Crippen molar-refractivity contribution in [3.63, 3.8) is 0 Å². The van der Waals surface area contributed by atoms with Gasteiger partial charge in [0.2, 0.25) is 5.91 Å². The summed E-state index contributed by atoms with van der Waals surface area (Å²) < 4.78 is 37.9. The molecule has 3 aliphatic rings. The Morgan fingerprint density at radius 3 is 2.38 bits per heavy atom. The number of aromatic nitrogens is 1. The smallest absolute Gasteiger partial charge is 0.341 e.